The highest BCUT2D eigenvalue weighted by Gasteiger charge is 2.52. The van der Waals surface area contributed by atoms with Crippen LogP contribution in [0.5, 0.6) is 0 Å². The Labute approximate surface area is 291 Å². The van der Waals surface area contributed by atoms with Gasteiger partial charge in [0.05, 0.1) is 47.0 Å². The number of hydrogen-bond donors (Lipinski definition) is 3. The van der Waals surface area contributed by atoms with E-state index in [1.165, 1.54) is 4.68 Å². The van der Waals surface area contributed by atoms with Gasteiger partial charge in [0.25, 0.3) is 11.5 Å². The molecule has 6 aromatic rings. The summed E-state index contributed by atoms with van der Waals surface area (Å²) >= 11 is 3.52. The number of carbonyl (C=O) groups is 1. The Morgan fingerprint density at radius 2 is 1.73 bits per heavy atom. The van der Waals surface area contributed by atoms with Gasteiger partial charge in [-0.05, 0) is 60.0 Å². The second kappa shape index (κ2) is 13.4. The number of rotatable bonds is 11. The van der Waals surface area contributed by atoms with Crippen LogP contribution >= 0.6 is 15.9 Å². The quantitative estimate of drug-likeness (QED) is 0.145. The molecule has 2 aromatic heterocycles. The molecule has 3 atom stereocenters. The van der Waals surface area contributed by atoms with Gasteiger partial charge >= 0.3 is 0 Å². The predicted octanol–water partition coefficient (Wildman–Crippen LogP) is 5.81. The van der Waals surface area contributed by atoms with E-state index in [0.29, 0.717) is 41.0 Å². The maximum absolute atomic E-state index is 14.1. The number of aromatic nitrogens is 5. The summed E-state index contributed by atoms with van der Waals surface area (Å²) < 4.78 is 4.01. The van der Waals surface area contributed by atoms with Gasteiger partial charge in [-0.25, -0.2) is 4.68 Å². The number of halogens is 1. The SMILES string of the molecule is C[C@H](/C=C/CCn1cc(C(CO)c2ccccc2)nn1)[C@@]1(O)C(=O)N(Cc2ccc(-n3[nH]c4ccccc4c3=O)cc2)c2ccc(Br)cc21. The third-order valence-electron chi connectivity index (χ3n) is 9.27. The lowest BCUT2D eigenvalue weighted by Gasteiger charge is -2.27. The maximum Gasteiger partial charge on any atom is 0.279 e. The minimum Gasteiger partial charge on any atom is -0.395 e. The number of aromatic amines is 1. The van der Waals surface area contributed by atoms with Gasteiger partial charge in [0, 0.05) is 28.7 Å². The second-order valence-electron chi connectivity index (χ2n) is 12.3. The van der Waals surface area contributed by atoms with E-state index in [0.717, 1.165) is 21.1 Å². The zero-order valence-corrected chi connectivity index (χ0v) is 28.4. The normalized spacial score (nSPS) is 17.2. The number of para-hydroxylation sites is 1. The van der Waals surface area contributed by atoms with Crippen molar-refractivity contribution in [2.24, 2.45) is 5.92 Å². The fourth-order valence-corrected chi connectivity index (χ4v) is 6.89. The third kappa shape index (κ3) is 6.05. The van der Waals surface area contributed by atoms with Crippen molar-refractivity contribution < 1.29 is 15.0 Å². The summed E-state index contributed by atoms with van der Waals surface area (Å²) in [6, 6.07) is 30.1. The van der Waals surface area contributed by atoms with Crippen LogP contribution in [-0.4, -0.2) is 47.5 Å². The fraction of sp³-hybridized carbons (Fsp3) is 0.211. The van der Waals surface area contributed by atoms with Crippen molar-refractivity contribution in [3.63, 3.8) is 0 Å². The van der Waals surface area contributed by atoms with Gasteiger partial charge in [0.2, 0.25) is 0 Å². The number of benzene rings is 4. The van der Waals surface area contributed by atoms with Crippen LogP contribution in [0.4, 0.5) is 5.69 Å². The number of nitrogens with one attached hydrogen (secondary N) is 1. The third-order valence-corrected chi connectivity index (χ3v) is 9.76. The molecular formula is C38H35BrN6O4. The van der Waals surface area contributed by atoms with Gasteiger partial charge in [-0.1, -0.05) is 94.8 Å². The van der Waals surface area contributed by atoms with Crippen LogP contribution in [0, 0.1) is 5.92 Å². The molecule has 0 saturated carbocycles. The van der Waals surface area contributed by atoms with Crippen LogP contribution in [0.2, 0.25) is 0 Å². The van der Waals surface area contributed by atoms with E-state index in [1.807, 2.05) is 116 Å². The molecule has 0 spiro atoms. The van der Waals surface area contributed by atoms with E-state index in [1.54, 1.807) is 15.6 Å². The average Bonchev–Trinajstić information content (AvgIpc) is 3.79. The molecule has 0 bridgehead atoms. The number of aliphatic hydroxyl groups excluding tert-OH is 1. The molecule has 1 amide bonds. The van der Waals surface area contributed by atoms with Crippen molar-refractivity contribution in [2.75, 3.05) is 11.5 Å². The summed E-state index contributed by atoms with van der Waals surface area (Å²) in [5.41, 5.74) is 3.26. The molecule has 1 aliphatic heterocycles. The van der Waals surface area contributed by atoms with Gasteiger partial charge in [-0.15, -0.1) is 5.10 Å². The molecule has 1 unspecified atom stereocenters. The topological polar surface area (TPSA) is 129 Å². The molecule has 3 N–H and O–H groups in total. The zero-order valence-electron chi connectivity index (χ0n) is 26.8. The largest absolute Gasteiger partial charge is 0.395 e. The Bertz CT molecular complexity index is 2210. The molecular weight excluding hydrogens is 684 g/mol. The van der Waals surface area contributed by atoms with E-state index < -0.39 is 17.4 Å². The molecule has 3 heterocycles. The maximum atomic E-state index is 14.1. The average molecular weight is 720 g/mol. The molecule has 0 radical (unpaired) electrons. The van der Waals surface area contributed by atoms with Crippen LogP contribution in [0.3, 0.4) is 0 Å². The Balaban J connectivity index is 1.05. The van der Waals surface area contributed by atoms with Crippen LogP contribution < -0.4 is 10.5 Å². The Morgan fingerprint density at radius 1 is 0.980 bits per heavy atom. The van der Waals surface area contributed by atoms with Crippen LogP contribution in [0.1, 0.15) is 41.6 Å². The Kier molecular flexibility index (Phi) is 8.89. The first kappa shape index (κ1) is 32.4. The van der Waals surface area contributed by atoms with Crippen molar-refractivity contribution >= 4 is 38.4 Å². The molecule has 4 aromatic carbocycles. The summed E-state index contributed by atoms with van der Waals surface area (Å²) in [7, 11) is 0. The van der Waals surface area contributed by atoms with Gasteiger partial charge in [0.1, 0.15) is 0 Å². The van der Waals surface area contributed by atoms with Gasteiger partial charge in [0.15, 0.2) is 5.60 Å². The van der Waals surface area contributed by atoms with E-state index in [2.05, 4.69) is 31.3 Å². The molecule has 0 saturated heterocycles. The monoisotopic (exact) mass is 718 g/mol. The first-order valence-electron chi connectivity index (χ1n) is 16.1. The molecule has 11 heteroatoms. The summed E-state index contributed by atoms with van der Waals surface area (Å²) in [5.74, 6) is -1.18. The predicted molar refractivity (Wildman–Crippen MR) is 191 cm³/mol. The molecule has 0 aliphatic carbocycles. The van der Waals surface area contributed by atoms with Gasteiger partial charge < -0.3 is 15.1 Å². The number of aliphatic hydroxyl groups is 2. The summed E-state index contributed by atoms with van der Waals surface area (Å²) in [4.78, 5) is 28.6. The molecule has 7 rings (SSSR count). The van der Waals surface area contributed by atoms with E-state index in [-0.39, 0.29) is 24.6 Å². The zero-order chi connectivity index (χ0) is 34.1. The highest BCUT2D eigenvalue weighted by atomic mass is 79.9. The molecule has 10 nitrogen and oxygen atoms in total. The van der Waals surface area contributed by atoms with Crippen molar-refractivity contribution in [1.82, 2.24) is 24.8 Å². The van der Waals surface area contributed by atoms with Crippen LogP contribution in [0.15, 0.2) is 125 Å². The van der Waals surface area contributed by atoms with E-state index >= 15 is 0 Å². The van der Waals surface area contributed by atoms with Crippen molar-refractivity contribution in [3.05, 3.63) is 153 Å². The minimum absolute atomic E-state index is 0.0704. The number of aryl methyl sites for hydroxylation is 1. The Morgan fingerprint density at radius 3 is 2.49 bits per heavy atom. The number of fused-ring (bicyclic) bond motifs is 2. The first-order chi connectivity index (χ1) is 23.8. The standard InChI is InChI=1S/C38H35BrN6O4/c1-25(9-7-8-20-43-23-34(40-42-43)31(24-46)27-10-3-2-4-11-27)38(49)32-21-28(39)16-19-35(32)44(37(38)48)22-26-14-17-29(18-15-26)45-36(47)30-12-5-6-13-33(30)41-45/h2-7,9-19,21,23,25,31,41,46,49H,8,20,22,24H2,1H3/b9-7+/t25-,31?,38+/m1/s1. The second-order valence-corrected chi connectivity index (χ2v) is 13.3. The lowest BCUT2D eigenvalue weighted by molar-refractivity contribution is -0.139. The highest BCUT2D eigenvalue weighted by molar-refractivity contribution is 9.10. The summed E-state index contributed by atoms with van der Waals surface area (Å²) in [6.45, 7) is 2.57. The van der Waals surface area contributed by atoms with Gasteiger partial charge in [-0.3, -0.25) is 19.4 Å². The smallest absolute Gasteiger partial charge is 0.279 e. The molecule has 0 fully saturated rings. The number of anilines is 1. The van der Waals surface area contributed by atoms with Crippen molar-refractivity contribution in [2.45, 2.75) is 38.0 Å². The number of H-pyrrole nitrogens is 1. The number of allylic oxidation sites excluding steroid dienone is 1. The number of hydrogen-bond acceptors (Lipinski definition) is 6. The fourth-order valence-electron chi connectivity index (χ4n) is 6.53. The summed E-state index contributed by atoms with van der Waals surface area (Å²) in [6.07, 6.45) is 6.27. The minimum atomic E-state index is -1.77. The molecule has 248 valence electrons. The Hall–Kier alpha value is -5.10. The number of carbonyl (C=O) groups excluding carboxylic acids is 1. The van der Waals surface area contributed by atoms with Crippen LogP contribution in [-0.2, 0) is 23.5 Å². The van der Waals surface area contributed by atoms with E-state index in [4.69, 9.17) is 0 Å². The molecule has 49 heavy (non-hydrogen) atoms. The summed E-state index contributed by atoms with van der Waals surface area (Å²) in [5, 5.41) is 34.4. The number of nitrogens with zero attached hydrogens (tertiary/aromatic N) is 5. The molecule has 1 aliphatic rings. The lowest BCUT2D eigenvalue weighted by atomic mass is 9.83. The van der Waals surface area contributed by atoms with Crippen molar-refractivity contribution in [1.29, 1.82) is 0 Å². The van der Waals surface area contributed by atoms with E-state index in [9.17, 15) is 19.8 Å². The number of amides is 1. The first-order valence-corrected chi connectivity index (χ1v) is 16.9. The van der Waals surface area contributed by atoms with Crippen molar-refractivity contribution in [3.8, 4) is 5.69 Å². The van der Waals surface area contributed by atoms with Gasteiger partial charge in [-0.2, -0.15) is 0 Å². The van der Waals surface area contributed by atoms with Crippen LogP contribution in [0.25, 0.3) is 16.6 Å². The lowest BCUT2D eigenvalue weighted by Crippen LogP contribution is -2.44. The highest BCUT2D eigenvalue weighted by Crippen LogP contribution is 2.46.